The van der Waals surface area contributed by atoms with Crippen molar-refractivity contribution in [2.45, 2.75) is 38.4 Å². The van der Waals surface area contributed by atoms with Gasteiger partial charge in [0, 0.05) is 5.75 Å². The van der Waals surface area contributed by atoms with E-state index in [1.165, 1.54) is 18.4 Å². The van der Waals surface area contributed by atoms with E-state index in [0.717, 1.165) is 18.4 Å². The van der Waals surface area contributed by atoms with Crippen molar-refractivity contribution in [1.82, 2.24) is 0 Å². The molecule has 2 nitrogen and oxygen atoms in total. The molecular formula is C12H17O2S-. The minimum atomic E-state index is -1.98. The zero-order valence-corrected chi connectivity index (χ0v) is 9.89. The Balaban J connectivity index is 2.64. The Morgan fingerprint density at radius 1 is 1.20 bits per heavy atom. The second kappa shape index (κ2) is 6.75. The summed E-state index contributed by atoms with van der Waals surface area (Å²) in [6.45, 7) is 2.17. The third-order valence-corrected chi connectivity index (χ3v) is 2.99. The number of hydrogen-bond donors (Lipinski definition) is 0. The van der Waals surface area contributed by atoms with Crippen LogP contribution in [0.5, 0.6) is 0 Å². The number of unbranched alkanes of at least 4 members (excludes halogenated alkanes) is 2. The van der Waals surface area contributed by atoms with Crippen LogP contribution in [0, 0.1) is 0 Å². The van der Waals surface area contributed by atoms with Crippen LogP contribution in [0.4, 0.5) is 0 Å². The maximum atomic E-state index is 10.7. The van der Waals surface area contributed by atoms with Crippen LogP contribution in [0.3, 0.4) is 0 Å². The second-order valence-corrected chi connectivity index (χ2v) is 4.57. The van der Waals surface area contributed by atoms with Crippen LogP contribution >= 0.6 is 0 Å². The summed E-state index contributed by atoms with van der Waals surface area (Å²) in [4.78, 5) is 0. The van der Waals surface area contributed by atoms with Gasteiger partial charge in [-0.15, -0.1) is 0 Å². The van der Waals surface area contributed by atoms with Crippen molar-refractivity contribution in [2.24, 2.45) is 0 Å². The van der Waals surface area contributed by atoms with Crippen molar-refractivity contribution < 1.29 is 8.76 Å². The van der Waals surface area contributed by atoms with Crippen molar-refractivity contribution in [3.8, 4) is 0 Å². The highest BCUT2D eigenvalue weighted by Crippen LogP contribution is 2.14. The zero-order valence-electron chi connectivity index (χ0n) is 9.07. The van der Waals surface area contributed by atoms with E-state index in [-0.39, 0.29) is 5.75 Å². The second-order valence-electron chi connectivity index (χ2n) is 3.67. The highest BCUT2D eigenvalue weighted by molar-refractivity contribution is 7.78. The summed E-state index contributed by atoms with van der Waals surface area (Å²) in [5.41, 5.74) is 2.12. The fourth-order valence-electron chi connectivity index (χ4n) is 1.63. The Morgan fingerprint density at radius 3 is 2.47 bits per heavy atom. The quantitative estimate of drug-likeness (QED) is 0.551. The van der Waals surface area contributed by atoms with E-state index in [4.69, 9.17) is 0 Å². The summed E-state index contributed by atoms with van der Waals surface area (Å²) in [6.07, 6.45) is 4.52. The maximum absolute atomic E-state index is 10.7. The number of aryl methyl sites for hydroxylation is 1. The Bertz CT molecular complexity index is 323. The SMILES string of the molecule is CCCCCc1ccccc1CS(=O)[O-]. The average Bonchev–Trinajstić information content (AvgIpc) is 2.20. The molecule has 3 heteroatoms. The summed E-state index contributed by atoms with van der Waals surface area (Å²) in [7, 11) is 0. The number of benzene rings is 1. The van der Waals surface area contributed by atoms with Gasteiger partial charge in [0.1, 0.15) is 0 Å². The molecule has 0 N–H and O–H groups in total. The lowest BCUT2D eigenvalue weighted by Crippen LogP contribution is -1.99. The van der Waals surface area contributed by atoms with Crippen LogP contribution in [-0.2, 0) is 23.3 Å². The third-order valence-electron chi connectivity index (χ3n) is 2.44. The minimum absolute atomic E-state index is 0.141. The topological polar surface area (TPSA) is 40.1 Å². The molecule has 0 radical (unpaired) electrons. The molecule has 84 valence electrons. The predicted molar refractivity (Wildman–Crippen MR) is 62.3 cm³/mol. The van der Waals surface area contributed by atoms with Crippen molar-refractivity contribution >= 4 is 11.1 Å². The van der Waals surface area contributed by atoms with E-state index in [0.29, 0.717) is 0 Å². The number of rotatable bonds is 6. The van der Waals surface area contributed by atoms with Gasteiger partial charge >= 0.3 is 0 Å². The van der Waals surface area contributed by atoms with Crippen molar-refractivity contribution in [3.63, 3.8) is 0 Å². The Labute approximate surface area is 94.0 Å². The largest absolute Gasteiger partial charge is 0.772 e. The monoisotopic (exact) mass is 225 g/mol. The van der Waals surface area contributed by atoms with Gasteiger partial charge in [-0.3, -0.25) is 4.21 Å². The molecule has 0 aliphatic heterocycles. The van der Waals surface area contributed by atoms with Crippen LogP contribution in [0.25, 0.3) is 0 Å². The van der Waals surface area contributed by atoms with Gasteiger partial charge in [0.2, 0.25) is 0 Å². The Morgan fingerprint density at radius 2 is 1.87 bits per heavy atom. The van der Waals surface area contributed by atoms with Crippen LogP contribution in [0.1, 0.15) is 37.3 Å². The first-order valence-electron chi connectivity index (χ1n) is 5.36. The molecule has 1 aromatic rings. The number of hydrogen-bond acceptors (Lipinski definition) is 2. The third kappa shape index (κ3) is 4.58. The van der Waals surface area contributed by atoms with E-state index in [1.807, 2.05) is 24.3 Å². The smallest absolute Gasteiger partial charge is 0.0355 e. The van der Waals surface area contributed by atoms with Crippen molar-refractivity contribution in [1.29, 1.82) is 0 Å². The van der Waals surface area contributed by atoms with Gasteiger partial charge in [-0.1, -0.05) is 55.1 Å². The first-order valence-corrected chi connectivity index (χ1v) is 6.61. The average molecular weight is 225 g/mol. The first kappa shape index (κ1) is 12.4. The molecule has 0 amide bonds. The zero-order chi connectivity index (χ0) is 11.1. The normalized spacial score (nSPS) is 12.7. The summed E-state index contributed by atoms with van der Waals surface area (Å²) >= 11 is -1.98. The lowest BCUT2D eigenvalue weighted by molar-refractivity contribution is 0.536. The van der Waals surface area contributed by atoms with Gasteiger partial charge in [-0.2, -0.15) is 0 Å². The fraction of sp³-hybridized carbons (Fsp3) is 0.500. The van der Waals surface area contributed by atoms with E-state index in [9.17, 15) is 8.76 Å². The van der Waals surface area contributed by atoms with Gasteiger partial charge in [0.15, 0.2) is 0 Å². The Hall–Kier alpha value is -0.670. The van der Waals surface area contributed by atoms with Gasteiger partial charge in [-0.25, -0.2) is 0 Å². The van der Waals surface area contributed by atoms with Gasteiger partial charge in [0.25, 0.3) is 0 Å². The molecule has 0 spiro atoms. The molecule has 1 aromatic carbocycles. The molecule has 15 heavy (non-hydrogen) atoms. The molecular weight excluding hydrogens is 208 g/mol. The summed E-state index contributed by atoms with van der Waals surface area (Å²) < 4.78 is 21.3. The van der Waals surface area contributed by atoms with Crippen LogP contribution in [0.15, 0.2) is 24.3 Å². The summed E-state index contributed by atoms with van der Waals surface area (Å²) in [6, 6.07) is 7.79. The molecule has 1 atom stereocenters. The fourth-order valence-corrected chi connectivity index (χ4v) is 2.17. The molecule has 0 fully saturated rings. The Kier molecular flexibility index (Phi) is 5.58. The molecule has 0 bridgehead atoms. The lowest BCUT2D eigenvalue weighted by Gasteiger charge is -2.10. The molecule has 0 saturated heterocycles. The van der Waals surface area contributed by atoms with Crippen molar-refractivity contribution in [2.75, 3.05) is 0 Å². The van der Waals surface area contributed by atoms with Crippen molar-refractivity contribution in [3.05, 3.63) is 35.4 Å². The summed E-state index contributed by atoms with van der Waals surface area (Å²) in [5.74, 6) is 0.141. The van der Waals surface area contributed by atoms with E-state index >= 15 is 0 Å². The molecule has 0 aliphatic rings. The lowest BCUT2D eigenvalue weighted by atomic mass is 10.0. The van der Waals surface area contributed by atoms with Crippen LogP contribution in [0.2, 0.25) is 0 Å². The van der Waals surface area contributed by atoms with Crippen LogP contribution < -0.4 is 0 Å². The molecule has 0 saturated carbocycles. The van der Waals surface area contributed by atoms with Gasteiger partial charge < -0.3 is 4.55 Å². The molecule has 0 heterocycles. The highest BCUT2D eigenvalue weighted by atomic mass is 32.2. The van der Waals surface area contributed by atoms with Gasteiger partial charge in [-0.05, 0) is 24.0 Å². The predicted octanol–water partition coefficient (Wildman–Crippen LogP) is 2.80. The molecule has 1 rings (SSSR count). The van der Waals surface area contributed by atoms with E-state index in [2.05, 4.69) is 6.92 Å². The summed E-state index contributed by atoms with van der Waals surface area (Å²) in [5, 5.41) is 0. The molecule has 0 aromatic heterocycles. The maximum Gasteiger partial charge on any atom is 0.0355 e. The molecule has 0 aliphatic carbocycles. The standard InChI is InChI=1S/C12H18O2S/c1-2-3-4-7-11-8-5-6-9-12(11)10-15(13)14/h5-6,8-9H,2-4,7,10H2,1H3,(H,13,14)/p-1. The van der Waals surface area contributed by atoms with E-state index in [1.54, 1.807) is 0 Å². The molecule has 1 unspecified atom stereocenters. The van der Waals surface area contributed by atoms with Gasteiger partial charge in [0.05, 0.1) is 0 Å². The van der Waals surface area contributed by atoms with Crippen LogP contribution in [-0.4, -0.2) is 8.76 Å². The highest BCUT2D eigenvalue weighted by Gasteiger charge is 2.01. The van der Waals surface area contributed by atoms with E-state index < -0.39 is 11.1 Å². The minimum Gasteiger partial charge on any atom is -0.772 e. The first-order chi connectivity index (χ1) is 7.24.